The maximum absolute atomic E-state index is 11.4. The van der Waals surface area contributed by atoms with Gasteiger partial charge >= 0.3 is 0 Å². The predicted molar refractivity (Wildman–Crippen MR) is 55.0 cm³/mol. The number of nitrogens with one attached hydrogen (secondary N) is 1. The summed E-state index contributed by atoms with van der Waals surface area (Å²) < 4.78 is 0. The lowest BCUT2D eigenvalue weighted by Crippen LogP contribution is -2.15. The third-order valence-electron chi connectivity index (χ3n) is 2.13. The normalized spacial score (nSPS) is 15.2. The summed E-state index contributed by atoms with van der Waals surface area (Å²) >= 11 is 5.79. The SMILES string of the molecule is Nc1ccnc(Cl)c1NC(=O)C1CC1. The van der Waals surface area contributed by atoms with E-state index < -0.39 is 0 Å². The number of hydrogen-bond acceptors (Lipinski definition) is 3. The number of nitrogen functional groups attached to an aromatic ring is 1. The molecule has 1 heterocycles. The van der Waals surface area contributed by atoms with E-state index in [1.165, 1.54) is 6.20 Å². The molecule has 3 N–H and O–H groups in total. The van der Waals surface area contributed by atoms with Gasteiger partial charge in [0, 0.05) is 12.1 Å². The lowest BCUT2D eigenvalue weighted by molar-refractivity contribution is -0.117. The van der Waals surface area contributed by atoms with Crippen molar-refractivity contribution in [3.05, 3.63) is 17.4 Å². The van der Waals surface area contributed by atoms with E-state index in [1.807, 2.05) is 0 Å². The van der Waals surface area contributed by atoms with Crippen LogP contribution in [-0.2, 0) is 4.79 Å². The van der Waals surface area contributed by atoms with Crippen molar-refractivity contribution in [2.24, 2.45) is 5.92 Å². The molecule has 5 heteroatoms. The summed E-state index contributed by atoms with van der Waals surface area (Å²) in [4.78, 5) is 15.3. The van der Waals surface area contributed by atoms with Gasteiger partial charge in [-0.15, -0.1) is 0 Å². The Hall–Kier alpha value is -1.29. The van der Waals surface area contributed by atoms with Crippen molar-refractivity contribution in [2.45, 2.75) is 12.8 Å². The van der Waals surface area contributed by atoms with Gasteiger partial charge in [0.1, 0.15) is 5.69 Å². The van der Waals surface area contributed by atoms with Gasteiger partial charge in [-0.1, -0.05) is 11.6 Å². The molecule has 1 aromatic heterocycles. The molecule has 1 amide bonds. The number of hydrogen-bond donors (Lipinski definition) is 2. The monoisotopic (exact) mass is 211 g/mol. The van der Waals surface area contributed by atoms with Gasteiger partial charge in [0.05, 0.1) is 5.69 Å². The highest BCUT2D eigenvalue weighted by Gasteiger charge is 2.30. The Morgan fingerprint density at radius 2 is 2.36 bits per heavy atom. The third kappa shape index (κ3) is 1.80. The van der Waals surface area contributed by atoms with Crippen molar-refractivity contribution in [1.29, 1.82) is 0 Å². The standard InChI is InChI=1S/C9H10ClN3O/c10-8-7(6(11)3-4-12-8)13-9(14)5-1-2-5/h3-5H,1-2H2,(H2,11,12)(H,13,14). The van der Waals surface area contributed by atoms with Gasteiger partial charge in [-0.25, -0.2) is 4.98 Å². The fourth-order valence-electron chi connectivity index (χ4n) is 1.14. The zero-order chi connectivity index (χ0) is 10.1. The number of amides is 1. The zero-order valence-corrected chi connectivity index (χ0v) is 8.21. The van der Waals surface area contributed by atoms with E-state index in [9.17, 15) is 4.79 Å². The van der Waals surface area contributed by atoms with Crippen molar-refractivity contribution in [3.8, 4) is 0 Å². The molecule has 1 aliphatic rings. The molecule has 0 atom stereocenters. The Morgan fingerprint density at radius 1 is 1.64 bits per heavy atom. The van der Waals surface area contributed by atoms with Crippen LogP contribution in [-0.4, -0.2) is 10.9 Å². The highest BCUT2D eigenvalue weighted by atomic mass is 35.5. The largest absolute Gasteiger partial charge is 0.397 e. The predicted octanol–water partition coefficient (Wildman–Crippen LogP) is 1.67. The van der Waals surface area contributed by atoms with Crippen LogP contribution in [0.3, 0.4) is 0 Å². The Kier molecular flexibility index (Phi) is 2.29. The maximum atomic E-state index is 11.4. The van der Waals surface area contributed by atoms with Crippen LogP contribution < -0.4 is 11.1 Å². The summed E-state index contributed by atoms with van der Waals surface area (Å²) in [5.41, 5.74) is 6.52. The molecule has 0 spiro atoms. The first-order valence-corrected chi connectivity index (χ1v) is 4.77. The molecule has 74 valence electrons. The minimum atomic E-state index is -0.0217. The van der Waals surface area contributed by atoms with Gasteiger partial charge in [-0.2, -0.15) is 0 Å². The number of rotatable bonds is 2. The minimum Gasteiger partial charge on any atom is -0.397 e. The van der Waals surface area contributed by atoms with Crippen molar-refractivity contribution in [1.82, 2.24) is 4.98 Å². The van der Waals surface area contributed by atoms with E-state index >= 15 is 0 Å². The summed E-state index contributed by atoms with van der Waals surface area (Å²) in [5, 5.41) is 2.92. The van der Waals surface area contributed by atoms with Crippen molar-refractivity contribution >= 4 is 28.9 Å². The number of nitrogens with zero attached hydrogens (tertiary/aromatic N) is 1. The topological polar surface area (TPSA) is 68.0 Å². The first-order valence-electron chi connectivity index (χ1n) is 4.39. The van der Waals surface area contributed by atoms with E-state index in [2.05, 4.69) is 10.3 Å². The number of anilines is 2. The summed E-state index contributed by atoms with van der Waals surface area (Å²) in [5.74, 6) is 0.109. The molecule has 0 aromatic carbocycles. The average Bonchev–Trinajstić information content (AvgIpc) is 2.94. The van der Waals surface area contributed by atoms with Crippen LogP contribution in [0.4, 0.5) is 11.4 Å². The molecule has 0 unspecified atom stereocenters. The van der Waals surface area contributed by atoms with Crippen molar-refractivity contribution in [2.75, 3.05) is 11.1 Å². The number of carbonyl (C=O) groups excluding carboxylic acids is 1. The molecule has 1 aromatic rings. The molecular weight excluding hydrogens is 202 g/mol. The second-order valence-electron chi connectivity index (χ2n) is 3.33. The van der Waals surface area contributed by atoms with Crippen molar-refractivity contribution in [3.63, 3.8) is 0 Å². The van der Waals surface area contributed by atoms with Gasteiger partial charge in [0.15, 0.2) is 5.15 Å². The van der Waals surface area contributed by atoms with Crippen LogP contribution in [0.5, 0.6) is 0 Å². The van der Waals surface area contributed by atoms with Crippen LogP contribution >= 0.6 is 11.6 Å². The van der Waals surface area contributed by atoms with Crippen LogP contribution in [0.15, 0.2) is 12.3 Å². The summed E-state index contributed by atoms with van der Waals surface area (Å²) in [6.45, 7) is 0. The fraction of sp³-hybridized carbons (Fsp3) is 0.333. The van der Waals surface area contributed by atoms with E-state index in [4.69, 9.17) is 17.3 Å². The van der Waals surface area contributed by atoms with Crippen LogP contribution in [0.1, 0.15) is 12.8 Å². The van der Waals surface area contributed by atoms with E-state index in [-0.39, 0.29) is 17.0 Å². The second kappa shape index (κ2) is 3.46. The average molecular weight is 212 g/mol. The number of nitrogens with two attached hydrogens (primary N) is 1. The summed E-state index contributed by atoms with van der Waals surface area (Å²) in [7, 11) is 0. The Balaban J connectivity index is 2.18. The summed E-state index contributed by atoms with van der Waals surface area (Å²) in [6, 6.07) is 1.61. The molecule has 0 aliphatic heterocycles. The van der Waals surface area contributed by atoms with E-state index in [0.29, 0.717) is 11.4 Å². The van der Waals surface area contributed by atoms with Crippen LogP contribution in [0, 0.1) is 5.92 Å². The molecule has 1 saturated carbocycles. The smallest absolute Gasteiger partial charge is 0.227 e. The molecule has 14 heavy (non-hydrogen) atoms. The highest BCUT2D eigenvalue weighted by Crippen LogP contribution is 2.32. The Bertz CT molecular complexity index is 356. The number of halogens is 1. The molecule has 0 bridgehead atoms. The molecule has 0 saturated heterocycles. The van der Waals surface area contributed by atoms with Gasteiger partial charge in [-0.05, 0) is 18.9 Å². The Morgan fingerprint density at radius 3 is 2.93 bits per heavy atom. The highest BCUT2D eigenvalue weighted by molar-refractivity contribution is 6.33. The lowest BCUT2D eigenvalue weighted by Gasteiger charge is -2.08. The zero-order valence-electron chi connectivity index (χ0n) is 7.46. The second-order valence-corrected chi connectivity index (χ2v) is 3.69. The Labute approximate surface area is 86.5 Å². The van der Waals surface area contributed by atoms with Crippen molar-refractivity contribution < 1.29 is 4.79 Å². The minimum absolute atomic E-state index is 0.0217. The third-order valence-corrected chi connectivity index (χ3v) is 2.42. The first-order chi connectivity index (χ1) is 6.68. The maximum Gasteiger partial charge on any atom is 0.227 e. The van der Waals surface area contributed by atoms with Crippen LogP contribution in [0.25, 0.3) is 0 Å². The van der Waals surface area contributed by atoms with E-state index in [0.717, 1.165) is 12.8 Å². The molecule has 2 rings (SSSR count). The first kappa shape index (κ1) is 9.27. The van der Waals surface area contributed by atoms with Crippen LogP contribution in [0.2, 0.25) is 5.15 Å². The van der Waals surface area contributed by atoms with E-state index in [1.54, 1.807) is 6.07 Å². The molecule has 1 aliphatic carbocycles. The van der Waals surface area contributed by atoms with Gasteiger partial charge in [0.2, 0.25) is 5.91 Å². The van der Waals surface area contributed by atoms with Gasteiger partial charge in [-0.3, -0.25) is 4.79 Å². The molecule has 0 radical (unpaired) electrons. The fourth-order valence-corrected chi connectivity index (χ4v) is 1.36. The molecule has 4 nitrogen and oxygen atoms in total. The number of aromatic nitrogens is 1. The van der Waals surface area contributed by atoms with Gasteiger partial charge < -0.3 is 11.1 Å². The molecule has 1 fully saturated rings. The quantitative estimate of drug-likeness (QED) is 0.732. The van der Waals surface area contributed by atoms with Gasteiger partial charge in [0.25, 0.3) is 0 Å². The number of carbonyl (C=O) groups is 1. The summed E-state index contributed by atoms with van der Waals surface area (Å²) in [6.07, 6.45) is 3.40. The number of pyridine rings is 1. The lowest BCUT2D eigenvalue weighted by atomic mass is 10.3. The molecular formula is C9H10ClN3O.